The van der Waals surface area contributed by atoms with E-state index in [1.165, 1.54) is 13.2 Å². The zero-order chi connectivity index (χ0) is 19.4. The van der Waals surface area contributed by atoms with E-state index in [1.54, 1.807) is 48.5 Å². The lowest BCUT2D eigenvalue weighted by atomic mass is 10.1. The van der Waals surface area contributed by atoms with Crippen molar-refractivity contribution in [3.8, 4) is 11.5 Å². The highest BCUT2D eigenvalue weighted by Crippen LogP contribution is 2.33. The molecule has 0 aliphatic carbocycles. The minimum absolute atomic E-state index is 0.0731. The number of benzene rings is 2. The van der Waals surface area contributed by atoms with Gasteiger partial charge in [0, 0.05) is 5.56 Å². The molecule has 1 saturated heterocycles. The van der Waals surface area contributed by atoms with Crippen LogP contribution >= 0.6 is 0 Å². The molecule has 1 heterocycles. The van der Waals surface area contributed by atoms with Gasteiger partial charge in [-0.2, -0.15) is 0 Å². The summed E-state index contributed by atoms with van der Waals surface area (Å²) in [5.41, 5.74) is 8.52. The van der Waals surface area contributed by atoms with Gasteiger partial charge in [0.15, 0.2) is 18.1 Å². The maximum Gasteiger partial charge on any atom is 0.282 e. The predicted octanol–water partition coefficient (Wildman–Crippen LogP) is 1.02. The Bertz CT molecular complexity index is 924. The second kappa shape index (κ2) is 7.61. The largest absolute Gasteiger partial charge is 0.493 e. The second-order valence-electron chi connectivity index (χ2n) is 5.61. The number of amides is 3. The van der Waals surface area contributed by atoms with Gasteiger partial charge in [-0.3, -0.25) is 19.8 Å². The first-order chi connectivity index (χ1) is 13.0. The highest BCUT2D eigenvalue weighted by Gasteiger charge is 2.34. The zero-order valence-corrected chi connectivity index (χ0v) is 14.5. The number of hydrogen-bond donors (Lipinski definition) is 2. The minimum Gasteiger partial charge on any atom is -0.493 e. The van der Waals surface area contributed by atoms with Gasteiger partial charge in [-0.1, -0.05) is 30.3 Å². The lowest BCUT2D eigenvalue weighted by molar-refractivity contribution is -0.120. The summed E-state index contributed by atoms with van der Waals surface area (Å²) in [7, 11) is 1.44. The van der Waals surface area contributed by atoms with E-state index in [1.807, 2.05) is 0 Å². The van der Waals surface area contributed by atoms with E-state index >= 15 is 0 Å². The summed E-state index contributed by atoms with van der Waals surface area (Å²) in [6, 6.07) is 13.7. The Balaban J connectivity index is 1.97. The number of para-hydroxylation sites is 2. The van der Waals surface area contributed by atoms with Gasteiger partial charge in [0.1, 0.15) is 5.57 Å². The number of anilines is 1. The van der Waals surface area contributed by atoms with Gasteiger partial charge in [-0.05, 0) is 24.3 Å². The van der Waals surface area contributed by atoms with Crippen LogP contribution in [0.2, 0.25) is 0 Å². The fraction of sp³-hybridized carbons (Fsp3) is 0.105. The van der Waals surface area contributed by atoms with Gasteiger partial charge in [0.25, 0.3) is 17.7 Å². The van der Waals surface area contributed by atoms with Crippen LogP contribution in [0.5, 0.6) is 11.5 Å². The molecule has 8 nitrogen and oxygen atoms in total. The lowest BCUT2D eigenvalue weighted by Crippen LogP contribution is -2.35. The lowest BCUT2D eigenvalue weighted by Gasteiger charge is -2.14. The highest BCUT2D eigenvalue weighted by molar-refractivity contribution is 6.31. The van der Waals surface area contributed by atoms with Crippen LogP contribution in [0.25, 0.3) is 6.08 Å². The smallest absolute Gasteiger partial charge is 0.282 e. The fourth-order valence-electron chi connectivity index (χ4n) is 2.58. The van der Waals surface area contributed by atoms with E-state index in [9.17, 15) is 14.4 Å². The van der Waals surface area contributed by atoms with Gasteiger partial charge in [-0.25, -0.2) is 5.01 Å². The standard InChI is InChI=1S/C19H17N3O5/c1-26-15-9-5-6-12(17(15)27-11-16(20)23)10-14-18(24)21-22(19(14)25)13-7-3-2-4-8-13/h2-10H,11H2,1H3,(H2,20,23)(H,21,24)/b14-10+. The average molecular weight is 367 g/mol. The maximum absolute atomic E-state index is 12.7. The Morgan fingerprint density at radius 2 is 1.89 bits per heavy atom. The van der Waals surface area contributed by atoms with Crippen molar-refractivity contribution in [2.75, 3.05) is 18.7 Å². The van der Waals surface area contributed by atoms with Crippen LogP contribution < -0.4 is 25.6 Å². The number of nitrogens with one attached hydrogen (secondary N) is 1. The van der Waals surface area contributed by atoms with Crippen LogP contribution in [-0.4, -0.2) is 31.4 Å². The Morgan fingerprint density at radius 3 is 2.56 bits per heavy atom. The monoisotopic (exact) mass is 367 g/mol. The zero-order valence-electron chi connectivity index (χ0n) is 14.5. The molecule has 3 rings (SSSR count). The molecule has 1 aliphatic heterocycles. The molecule has 8 heteroatoms. The van der Waals surface area contributed by atoms with E-state index in [0.29, 0.717) is 17.0 Å². The third-order valence-electron chi connectivity index (χ3n) is 3.79. The Labute approximate surface area is 155 Å². The highest BCUT2D eigenvalue weighted by atomic mass is 16.5. The van der Waals surface area contributed by atoms with Crippen molar-refractivity contribution in [2.24, 2.45) is 5.73 Å². The number of carbonyl (C=O) groups is 3. The number of primary amides is 1. The average Bonchev–Trinajstić information content (AvgIpc) is 2.95. The van der Waals surface area contributed by atoms with Crippen molar-refractivity contribution >= 4 is 29.5 Å². The SMILES string of the molecule is COc1cccc(/C=C2\C(=O)NN(c3ccccc3)C2=O)c1OCC(N)=O. The fourth-order valence-corrected chi connectivity index (χ4v) is 2.58. The summed E-state index contributed by atoms with van der Waals surface area (Å²) in [6.07, 6.45) is 1.39. The summed E-state index contributed by atoms with van der Waals surface area (Å²) in [6.45, 7) is -0.368. The molecular weight excluding hydrogens is 350 g/mol. The number of methoxy groups -OCH3 is 1. The van der Waals surface area contributed by atoms with E-state index in [2.05, 4.69) is 5.43 Å². The topological polar surface area (TPSA) is 111 Å². The molecule has 0 aromatic heterocycles. The maximum atomic E-state index is 12.7. The predicted molar refractivity (Wildman–Crippen MR) is 97.7 cm³/mol. The van der Waals surface area contributed by atoms with Crippen molar-refractivity contribution in [1.29, 1.82) is 0 Å². The number of carbonyl (C=O) groups excluding carboxylic acids is 3. The van der Waals surface area contributed by atoms with Crippen LogP contribution in [-0.2, 0) is 14.4 Å². The molecule has 2 aromatic carbocycles. The summed E-state index contributed by atoms with van der Waals surface area (Å²) in [5.74, 6) is -1.16. The Morgan fingerprint density at radius 1 is 1.15 bits per heavy atom. The van der Waals surface area contributed by atoms with Crippen LogP contribution in [0.15, 0.2) is 54.1 Å². The molecule has 3 amide bonds. The first-order valence-electron chi connectivity index (χ1n) is 8.01. The van der Waals surface area contributed by atoms with Gasteiger partial charge in [0.05, 0.1) is 12.8 Å². The molecule has 2 aromatic rings. The molecule has 3 N–H and O–H groups in total. The molecule has 0 bridgehead atoms. The van der Waals surface area contributed by atoms with Crippen LogP contribution in [0.3, 0.4) is 0 Å². The number of nitrogens with two attached hydrogens (primary N) is 1. The summed E-state index contributed by atoms with van der Waals surface area (Å²) >= 11 is 0. The van der Waals surface area contributed by atoms with Gasteiger partial charge >= 0.3 is 0 Å². The van der Waals surface area contributed by atoms with Gasteiger partial charge in [-0.15, -0.1) is 0 Å². The molecule has 0 unspecified atom stereocenters. The third kappa shape index (κ3) is 3.74. The Kier molecular flexibility index (Phi) is 5.07. The molecule has 138 valence electrons. The van der Waals surface area contributed by atoms with E-state index in [0.717, 1.165) is 5.01 Å². The van der Waals surface area contributed by atoms with Crippen LogP contribution in [0.4, 0.5) is 5.69 Å². The molecule has 0 atom stereocenters. The molecule has 1 aliphatic rings. The van der Waals surface area contributed by atoms with Crippen LogP contribution in [0, 0.1) is 0 Å². The number of rotatable bonds is 6. The molecule has 0 spiro atoms. The van der Waals surface area contributed by atoms with Crippen LogP contribution in [0.1, 0.15) is 5.56 Å². The molecule has 0 radical (unpaired) electrons. The molecule has 0 saturated carbocycles. The molecular formula is C19H17N3O5. The molecule has 27 heavy (non-hydrogen) atoms. The van der Waals surface area contributed by atoms with E-state index in [4.69, 9.17) is 15.2 Å². The minimum atomic E-state index is -0.663. The van der Waals surface area contributed by atoms with Crippen molar-refractivity contribution in [1.82, 2.24) is 5.43 Å². The van der Waals surface area contributed by atoms with Gasteiger partial charge < -0.3 is 15.2 Å². The number of hydrogen-bond acceptors (Lipinski definition) is 5. The van der Waals surface area contributed by atoms with Crippen molar-refractivity contribution in [2.45, 2.75) is 0 Å². The quantitative estimate of drug-likeness (QED) is 0.585. The number of nitrogens with zero attached hydrogens (tertiary/aromatic N) is 1. The van der Waals surface area contributed by atoms with Crippen molar-refractivity contribution < 1.29 is 23.9 Å². The number of ether oxygens (including phenoxy) is 2. The Hall–Kier alpha value is -3.81. The third-order valence-corrected chi connectivity index (χ3v) is 3.79. The van der Waals surface area contributed by atoms with Gasteiger partial charge in [0.2, 0.25) is 0 Å². The van der Waals surface area contributed by atoms with E-state index in [-0.39, 0.29) is 17.9 Å². The van der Waals surface area contributed by atoms with E-state index < -0.39 is 17.7 Å². The summed E-state index contributed by atoms with van der Waals surface area (Å²) in [5, 5.41) is 1.16. The summed E-state index contributed by atoms with van der Waals surface area (Å²) < 4.78 is 10.6. The second-order valence-corrected chi connectivity index (χ2v) is 5.61. The summed E-state index contributed by atoms with van der Waals surface area (Å²) in [4.78, 5) is 36.0. The normalized spacial score (nSPS) is 15.0. The first kappa shape index (κ1) is 18.0. The first-order valence-corrected chi connectivity index (χ1v) is 8.01. The van der Waals surface area contributed by atoms with Crippen molar-refractivity contribution in [3.05, 3.63) is 59.7 Å². The molecule has 1 fully saturated rings. The number of hydrazine groups is 1. The van der Waals surface area contributed by atoms with Crippen molar-refractivity contribution in [3.63, 3.8) is 0 Å².